The van der Waals surface area contributed by atoms with E-state index in [1.807, 2.05) is 47.8 Å². The Morgan fingerprint density at radius 2 is 2.04 bits per heavy atom. The summed E-state index contributed by atoms with van der Waals surface area (Å²) in [6.45, 7) is 0.575. The summed E-state index contributed by atoms with van der Waals surface area (Å²) in [4.78, 5) is 30.3. The lowest BCUT2D eigenvalue weighted by molar-refractivity contribution is -0.113. The molecule has 7 heteroatoms. The Labute approximate surface area is 165 Å². The zero-order valence-electron chi connectivity index (χ0n) is 14.7. The van der Waals surface area contributed by atoms with Crippen LogP contribution in [0.4, 0.5) is 5.69 Å². The second-order valence-corrected chi connectivity index (χ2v) is 8.34. The highest BCUT2D eigenvalue weighted by molar-refractivity contribution is 8.00. The van der Waals surface area contributed by atoms with Gasteiger partial charge in [-0.3, -0.25) is 9.36 Å². The monoisotopic (exact) mass is 397 g/mol. The molecule has 138 valence electrons. The van der Waals surface area contributed by atoms with Crippen LogP contribution in [0.1, 0.15) is 22.6 Å². The van der Waals surface area contributed by atoms with E-state index in [2.05, 4.69) is 10.3 Å². The van der Waals surface area contributed by atoms with Crippen LogP contribution in [0.5, 0.6) is 0 Å². The van der Waals surface area contributed by atoms with Gasteiger partial charge < -0.3 is 5.32 Å². The summed E-state index contributed by atoms with van der Waals surface area (Å²) in [5.41, 5.74) is 2.75. The molecule has 1 amide bonds. The van der Waals surface area contributed by atoms with E-state index in [1.54, 1.807) is 15.9 Å². The predicted octanol–water partition coefficient (Wildman–Crippen LogP) is 3.57. The molecule has 0 atom stereocenters. The van der Waals surface area contributed by atoms with Gasteiger partial charge in [0.25, 0.3) is 0 Å². The number of aromatic nitrogens is 2. The van der Waals surface area contributed by atoms with Crippen LogP contribution >= 0.6 is 23.1 Å². The molecule has 1 aromatic carbocycles. The highest BCUT2D eigenvalue weighted by Crippen LogP contribution is 2.29. The third kappa shape index (κ3) is 4.14. The van der Waals surface area contributed by atoms with E-state index >= 15 is 0 Å². The molecule has 4 rings (SSSR count). The summed E-state index contributed by atoms with van der Waals surface area (Å²) in [5.74, 6) is 0.144. The number of benzene rings is 1. The van der Waals surface area contributed by atoms with Crippen molar-refractivity contribution in [1.29, 1.82) is 0 Å². The molecule has 0 saturated heterocycles. The minimum Gasteiger partial charge on any atom is -0.325 e. The largest absolute Gasteiger partial charge is 0.349 e. The Bertz CT molecular complexity index is 998. The second-order valence-electron chi connectivity index (χ2n) is 6.35. The van der Waals surface area contributed by atoms with Crippen molar-refractivity contribution in [2.24, 2.45) is 0 Å². The number of thioether (sulfide) groups is 1. The summed E-state index contributed by atoms with van der Waals surface area (Å²) < 4.78 is 1.79. The molecule has 1 aliphatic carbocycles. The molecule has 3 aromatic rings. The quantitative estimate of drug-likeness (QED) is 0.510. The molecule has 5 nitrogen and oxygen atoms in total. The highest BCUT2D eigenvalue weighted by Gasteiger charge is 2.22. The van der Waals surface area contributed by atoms with E-state index in [0.29, 0.717) is 11.6 Å². The number of hydrogen-bond acceptors (Lipinski definition) is 5. The maximum atomic E-state index is 12.6. The van der Waals surface area contributed by atoms with Crippen LogP contribution < -0.4 is 11.0 Å². The molecule has 0 unspecified atom stereocenters. The van der Waals surface area contributed by atoms with Crippen molar-refractivity contribution in [1.82, 2.24) is 9.55 Å². The number of thiophene rings is 1. The minimum absolute atomic E-state index is 0.0949. The number of carbonyl (C=O) groups is 1. The van der Waals surface area contributed by atoms with E-state index in [-0.39, 0.29) is 17.3 Å². The Kier molecular flexibility index (Phi) is 5.40. The van der Waals surface area contributed by atoms with Crippen molar-refractivity contribution in [3.8, 4) is 0 Å². The van der Waals surface area contributed by atoms with E-state index in [4.69, 9.17) is 0 Å². The number of anilines is 1. The zero-order chi connectivity index (χ0) is 18.6. The van der Waals surface area contributed by atoms with E-state index < -0.39 is 0 Å². The van der Waals surface area contributed by atoms with Gasteiger partial charge in [0, 0.05) is 21.8 Å². The number of para-hydroxylation sites is 1. The molecule has 2 aromatic heterocycles. The summed E-state index contributed by atoms with van der Waals surface area (Å²) in [7, 11) is 0. The normalized spacial score (nSPS) is 12.7. The molecule has 0 aliphatic heterocycles. The molecule has 0 bridgehead atoms. The number of fused-ring (bicyclic) bond motifs is 1. The summed E-state index contributed by atoms with van der Waals surface area (Å²) in [5, 5.41) is 5.59. The molecule has 27 heavy (non-hydrogen) atoms. The van der Waals surface area contributed by atoms with Crippen LogP contribution in [-0.4, -0.2) is 21.2 Å². The van der Waals surface area contributed by atoms with Gasteiger partial charge in [-0.2, -0.15) is 4.98 Å². The molecule has 0 fully saturated rings. The van der Waals surface area contributed by atoms with Crippen molar-refractivity contribution in [3.63, 3.8) is 0 Å². The van der Waals surface area contributed by atoms with Crippen LogP contribution in [0.25, 0.3) is 0 Å². The van der Waals surface area contributed by atoms with Gasteiger partial charge in [0.2, 0.25) is 5.91 Å². The summed E-state index contributed by atoms with van der Waals surface area (Å²) in [6, 6.07) is 13.4. The number of nitrogens with one attached hydrogen (secondary N) is 1. The van der Waals surface area contributed by atoms with Crippen LogP contribution in [0.2, 0.25) is 0 Å². The Balaban J connectivity index is 1.50. The number of rotatable bonds is 6. The van der Waals surface area contributed by atoms with Gasteiger partial charge in [0.05, 0.1) is 12.3 Å². The molecule has 0 radical (unpaired) electrons. The molecule has 2 heterocycles. The number of nitrogens with zero attached hydrogens (tertiary/aromatic N) is 2. The summed E-state index contributed by atoms with van der Waals surface area (Å²) >= 11 is 3.00. The van der Waals surface area contributed by atoms with Crippen molar-refractivity contribution < 1.29 is 4.79 Å². The maximum absolute atomic E-state index is 12.6. The molecular formula is C20H19N3O2S2. The average Bonchev–Trinajstić information content (AvgIpc) is 3.35. The molecule has 1 N–H and O–H groups in total. The second kappa shape index (κ2) is 8.10. The van der Waals surface area contributed by atoms with Gasteiger partial charge in [0.1, 0.15) is 5.03 Å². The van der Waals surface area contributed by atoms with Crippen molar-refractivity contribution in [3.05, 3.63) is 74.5 Å². The topological polar surface area (TPSA) is 64.0 Å². The lowest BCUT2D eigenvalue weighted by Crippen LogP contribution is -2.27. The fraction of sp³-hybridized carbons (Fsp3) is 0.250. The lowest BCUT2D eigenvalue weighted by atomic mass is 10.2. The predicted molar refractivity (Wildman–Crippen MR) is 110 cm³/mol. The first-order valence-corrected chi connectivity index (χ1v) is 10.7. The Morgan fingerprint density at radius 3 is 2.81 bits per heavy atom. The zero-order valence-corrected chi connectivity index (χ0v) is 16.3. The Hall–Kier alpha value is -2.38. The van der Waals surface area contributed by atoms with Crippen molar-refractivity contribution in [2.45, 2.75) is 30.8 Å². The fourth-order valence-electron chi connectivity index (χ4n) is 3.28. The Morgan fingerprint density at radius 1 is 1.19 bits per heavy atom. The van der Waals surface area contributed by atoms with Crippen LogP contribution in [0.15, 0.2) is 57.7 Å². The van der Waals surface area contributed by atoms with Crippen LogP contribution in [0.3, 0.4) is 0 Å². The van der Waals surface area contributed by atoms with E-state index in [9.17, 15) is 9.59 Å². The van der Waals surface area contributed by atoms with Crippen molar-refractivity contribution >= 4 is 34.7 Å². The molecule has 0 spiro atoms. The maximum Gasteiger partial charge on any atom is 0.349 e. The van der Waals surface area contributed by atoms with Gasteiger partial charge in [-0.15, -0.1) is 11.3 Å². The first kappa shape index (κ1) is 18.0. The molecule has 0 saturated carbocycles. The van der Waals surface area contributed by atoms with Gasteiger partial charge in [-0.25, -0.2) is 4.79 Å². The lowest BCUT2D eigenvalue weighted by Gasteiger charge is -2.13. The van der Waals surface area contributed by atoms with Gasteiger partial charge >= 0.3 is 5.69 Å². The van der Waals surface area contributed by atoms with Crippen LogP contribution in [-0.2, 0) is 24.2 Å². The number of hydrogen-bond donors (Lipinski definition) is 1. The first-order valence-electron chi connectivity index (χ1n) is 8.83. The third-order valence-electron chi connectivity index (χ3n) is 4.49. The standard InChI is InChI=1S/C20H19N3O2S2/c24-18(21-14-6-2-1-3-7-14)13-27-19-16-9-4-10-17(16)23(20(25)22-19)12-15-8-5-11-26-15/h1-3,5-8,11H,4,9-10,12-13H2,(H,21,24). The molecule has 1 aliphatic rings. The van der Waals surface area contributed by atoms with Gasteiger partial charge in [0.15, 0.2) is 0 Å². The van der Waals surface area contributed by atoms with Gasteiger partial charge in [-0.05, 0) is 42.8 Å². The fourth-order valence-corrected chi connectivity index (χ4v) is 4.85. The van der Waals surface area contributed by atoms with Gasteiger partial charge in [-0.1, -0.05) is 36.0 Å². The minimum atomic E-state index is -0.227. The first-order chi connectivity index (χ1) is 13.2. The van der Waals surface area contributed by atoms with Crippen molar-refractivity contribution in [2.75, 3.05) is 11.1 Å². The number of carbonyl (C=O) groups excluding carboxylic acids is 1. The van der Waals surface area contributed by atoms with E-state index in [0.717, 1.165) is 41.1 Å². The van der Waals surface area contributed by atoms with Crippen LogP contribution in [0, 0.1) is 0 Å². The smallest absolute Gasteiger partial charge is 0.325 e. The SMILES string of the molecule is O=C(CSc1nc(=O)n(Cc2cccs2)c2c1CCC2)Nc1ccccc1. The molecular weight excluding hydrogens is 378 g/mol. The number of amides is 1. The van der Waals surface area contributed by atoms with E-state index in [1.165, 1.54) is 11.8 Å². The highest BCUT2D eigenvalue weighted by atomic mass is 32.2. The summed E-state index contributed by atoms with van der Waals surface area (Å²) in [6.07, 6.45) is 2.83. The third-order valence-corrected chi connectivity index (χ3v) is 6.37. The average molecular weight is 398 g/mol.